The van der Waals surface area contributed by atoms with Gasteiger partial charge in [0.2, 0.25) is 10.2 Å². The van der Waals surface area contributed by atoms with Gasteiger partial charge in [-0.2, -0.15) is 0 Å². The minimum absolute atomic E-state index is 0.00398. The second-order valence-electron chi connectivity index (χ2n) is 7.04. The molecule has 0 N–H and O–H groups in total. The molecule has 3 unspecified atom stereocenters. The maximum atomic E-state index is 13.1. The Morgan fingerprint density at radius 1 is 1.42 bits per heavy atom. The minimum atomic E-state index is -1.00. The van der Waals surface area contributed by atoms with E-state index in [1.807, 2.05) is 41.0 Å². The number of carbonyl (C=O) groups is 1. The summed E-state index contributed by atoms with van der Waals surface area (Å²) in [7, 11) is 0. The summed E-state index contributed by atoms with van der Waals surface area (Å²) in [5, 5.41) is 14.1. The molecule has 3 nitrogen and oxygen atoms in total. The SMILES string of the molecule is C=CCCCC1(C)CCC[N+]2=C1SC(=O)C(c1ccccc1)C2[O-]. The first-order valence-electron chi connectivity index (χ1n) is 8.74. The Hall–Kier alpha value is -1.39. The Balaban J connectivity index is 1.92. The quantitative estimate of drug-likeness (QED) is 0.468. The third-order valence-corrected chi connectivity index (χ3v) is 6.62. The summed E-state index contributed by atoms with van der Waals surface area (Å²) in [6, 6.07) is 9.50. The molecule has 3 rings (SSSR count). The summed E-state index contributed by atoms with van der Waals surface area (Å²) >= 11 is 1.32. The molecule has 0 saturated carbocycles. The van der Waals surface area contributed by atoms with E-state index in [1.165, 1.54) is 11.8 Å². The van der Waals surface area contributed by atoms with Crippen LogP contribution in [0.1, 0.15) is 50.5 Å². The number of hydrogen-bond acceptors (Lipinski definition) is 3. The smallest absolute Gasteiger partial charge is 0.223 e. The van der Waals surface area contributed by atoms with Gasteiger partial charge in [0.25, 0.3) is 0 Å². The van der Waals surface area contributed by atoms with Crippen molar-refractivity contribution in [3.8, 4) is 0 Å². The van der Waals surface area contributed by atoms with Crippen LogP contribution < -0.4 is 5.11 Å². The fraction of sp³-hybridized carbons (Fsp3) is 0.500. The number of carbonyl (C=O) groups excluding carboxylic acids is 1. The number of allylic oxidation sites excluding steroid dienone is 1. The normalized spacial score (nSPS) is 30.2. The van der Waals surface area contributed by atoms with Crippen LogP contribution in [-0.4, -0.2) is 27.5 Å². The highest BCUT2D eigenvalue weighted by Gasteiger charge is 2.48. The fourth-order valence-electron chi connectivity index (χ4n) is 3.90. The van der Waals surface area contributed by atoms with Crippen molar-refractivity contribution in [3.63, 3.8) is 0 Å². The predicted octanol–water partition coefficient (Wildman–Crippen LogP) is 3.30. The van der Waals surface area contributed by atoms with Crippen LogP contribution in [0.2, 0.25) is 0 Å². The molecular formula is C20H25NO2S. The highest BCUT2D eigenvalue weighted by atomic mass is 32.2. The lowest BCUT2D eigenvalue weighted by Crippen LogP contribution is -2.55. The molecule has 128 valence electrons. The van der Waals surface area contributed by atoms with Crippen LogP contribution in [0.15, 0.2) is 43.0 Å². The molecule has 1 aromatic carbocycles. The lowest BCUT2D eigenvalue weighted by Gasteiger charge is -2.41. The molecule has 2 heterocycles. The molecule has 24 heavy (non-hydrogen) atoms. The largest absolute Gasteiger partial charge is 0.797 e. The maximum Gasteiger partial charge on any atom is 0.223 e. The molecule has 0 fully saturated rings. The molecule has 0 radical (unpaired) electrons. The standard InChI is InChI=1S/C20H25NO2S/c1-3-4-8-12-20(2)13-9-14-21-17(22)16(18(23)24-19(20)21)15-10-6-5-7-11-15/h3,5-7,10-11,16-17H,1,4,8-9,12-14H2,2H3. The Morgan fingerprint density at radius 3 is 2.88 bits per heavy atom. The van der Waals surface area contributed by atoms with E-state index in [0.717, 1.165) is 49.3 Å². The van der Waals surface area contributed by atoms with Gasteiger partial charge in [0.05, 0.1) is 5.41 Å². The molecule has 0 amide bonds. The van der Waals surface area contributed by atoms with Gasteiger partial charge in [-0.05, 0) is 38.2 Å². The average Bonchev–Trinajstić information content (AvgIpc) is 2.57. The van der Waals surface area contributed by atoms with Gasteiger partial charge in [0, 0.05) is 18.2 Å². The van der Waals surface area contributed by atoms with Gasteiger partial charge in [-0.3, -0.25) is 4.79 Å². The Labute approximate surface area is 148 Å². The lowest BCUT2D eigenvalue weighted by molar-refractivity contribution is -0.732. The molecule has 2 aliphatic rings. The van der Waals surface area contributed by atoms with Gasteiger partial charge in [0.15, 0.2) is 0 Å². The van der Waals surface area contributed by atoms with Gasteiger partial charge in [-0.15, -0.1) is 6.58 Å². The summed E-state index contributed by atoms with van der Waals surface area (Å²) in [5.41, 5.74) is 0.791. The van der Waals surface area contributed by atoms with E-state index >= 15 is 0 Å². The van der Waals surface area contributed by atoms with Crippen LogP contribution in [0.5, 0.6) is 0 Å². The molecule has 3 atom stereocenters. The van der Waals surface area contributed by atoms with Crippen LogP contribution in [-0.2, 0) is 4.79 Å². The topological polar surface area (TPSA) is 43.1 Å². The number of rotatable bonds is 5. The molecule has 0 aliphatic carbocycles. The summed E-state index contributed by atoms with van der Waals surface area (Å²) < 4.78 is 1.97. The molecule has 0 spiro atoms. The van der Waals surface area contributed by atoms with E-state index in [2.05, 4.69) is 13.5 Å². The molecule has 4 heteroatoms. The van der Waals surface area contributed by atoms with E-state index < -0.39 is 12.1 Å². The summed E-state index contributed by atoms with van der Waals surface area (Å²) in [6.45, 7) is 6.77. The number of hydrogen-bond donors (Lipinski definition) is 0. The number of benzene rings is 1. The van der Waals surface area contributed by atoms with E-state index in [-0.39, 0.29) is 10.5 Å². The molecule has 2 aliphatic heterocycles. The van der Waals surface area contributed by atoms with Crippen LogP contribution in [0.3, 0.4) is 0 Å². The van der Waals surface area contributed by atoms with Gasteiger partial charge < -0.3 is 5.11 Å². The van der Waals surface area contributed by atoms with E-state index in [1.54, 1.807) is 0 Å². The second kappa shape index (κ2) is 7.24. The summed E-state index contributed by atoms with van der Waals surface area (Å²) in [6.07, 6.45) is 6.05. The molecule has 0 aromatic heterocycles. The van der Waals surface area contributed by atoms with E-state index in [9.17, 15) is 9.90 Å². The predicted molar refractivity (Wildman–Crippen MR) is 97.1 cm³/mol. The van der Waals surface area contributed by atoms with Crippen molar-refractivity contribution < 1.29 is 14.5 Å². The Kier molecular flexibility index (Phi) is 5.26. The first kappa shape index (κ1) is 17.4. The first-order chi connectivity index (χ1) is 11.6. The minimum Gasteiger partial charge on any atom is -0.797 e. The van der Waals surface area contributed by atoms with Crippen molar-refractivity contribution in [2.24, 2.45) is 5.41 Å². The van der Waals surface area contributed by atoms with E-state index in [4.69, 9.17) is 0 Å². The highest BCUT2D eigenvalue weighted by Crippen LogP contribution is 2.44. The first-order valence-corrected chi connectivity index (χ1v) is 9.56. The van der Waals surface area contributed by atoms with Crippen molar-refractivity contribution in [3.05, 3.63) is 48.6 Å². The van der Waals surface area contributed by atoms with Crippen LogP contribution in [0.25, 0.3) is 0 Å². The van der Waals surface area contributed by atoms with Crippen molar-refractivity contribution in [2.75, 3.05) is 6.54 Å². The van der Waals surface area contributed by atoms with Crippen LogP contribution in [0.4, 0.5) is 0 Å². The molecule has 0 saturated heterocycles. The van der Waals surface area contributed by atoms with Gasteiger partial charge in [-0.1, -0.05) is 36.4 Å². The van der Waals surface area contributed by atoms with Gasteiger partial charge >= 0.3 is 0 Å². The monoisotopic (exact) mass is 343 g/mol. The van der Waals surface area contributed by atoms with Gasteiger partial charge in [0.1, 0.15) is 18.7 Å². The zero-order valence-corrected chi connectivity index (χ0v) is 15.1. The average molecular weight is 343 g/mol. The number of thioether (sulfide) groups is 1. The number of nitrogens with zero attached hydrogens (tertiary/aromatic N) is 1. The zero-order chi connectivity index (χ0) is 17.2. The van der Waals surface area contributed by atoms with Gasteiger partial charge in [-0.25, -0.2) is 4.58 Å². The van der Waals surface area contributed by atoms with Crippen LogP contribution in [0, 0.1) is 5.41 Å². The maximum absolute atomic E-state index is 13.1. The van der Waals surface area contributed by atoms with Crippen LogP contribution >= 0.6 is 11.8 Å². The third kappa shape index (κ3) is 3.22. The van der Waals surface area contributed by atoms with Crippen molar-refractivity contribution in [1.82, 2.24) is 0 Å². The molecular weight excluding hydrogens is 318 g/mol. The second-order valence-corrected chi connectivity index (χ2v) is 8.04. The summed E-state index contributed by atoms with van der Waals surface area (Å²) in [4.78, 5) is 12.8. The zero-order valence-electron chi connectivity index (χ0n) is 14.2. The van der Waals surface area contributed by atoms with Crippen molar-refractivity contribution in [1.29, 1.82) is 0 Å². The molecule has 1 aromatic rings. The van der Waals surface area contributed by atoms with E-state index in [0.29, 0.717) is 0 Å². The number of unbranched alkanes of at least 4 members (excludes halogenated alkanes) is 1. The Morgan fingerprint density at radius 2 is 2.17 bits per heavy atom. The lowest BCUT2D eigenvalue weighted by atomic mass is 9.79. The Bertz CT molecular complexity index is 655. The van der Waals surface area contributed by atoms with Crippen molar-refractivity contribution >= 4 is 21.9 Å². The third-order valence-electron chi connectivity index (χ3n) is 5.24. The highest BCUT2D eigenvalue weighted by molar-refractivity contribution is 8.26. The fourth-order valence-corrected chi connectivity index (χ4v) is 5.24. The summed E-state index contributed by atoms with van der Waals surface area (Å²) in [5.74, 6) is -0.574. The van der Waals surface area contributed by atoms with Crippen molar-refractivity contribution in [2.45, 2.75) is 51.2 Å². The molecule has 0 bridgehead atoms.